The summed E-state index contributed by atoms with van der Waals surface area (Å²) in [6, 6.07) is 0. The number of hydrogen-bond acceptors (Lipinski definition) is 1. The van der Waals surface area contributed by atoms with Crippen molar-refractivity contribution >= 4 is 11.8 Å². The molecule has 44 valence electrons. The molecule has 0 saturated heterocycles. The van der Waals surface area contributed by atoms with Gasteiger partial charge in [0.2, 0.25) is 0 Å². The van der Waals surface area contributed by atoms with E-state index in [0.717, 1.165) is 0 Å². The van der Waals surface area contributed by atoms with E-state index in [-0.39, 0.29) is 0 Å². The summed E-state index contributed by atoms with van der Waals surface area (Å²) in [5.41, 5.74) is 2.96. The van der Waals surface area contributed by atoms with Crippen molar-refractivity contribution in [2.24, 2.45) is 0 Å². The van der Waals surface area contributed by atoms with Gasteiger partial charge in [0.25, 0.3) is 0 Å². The van der Waals surface area contributed by atoms with Gasteiger partial charge in [-0.05, 0) is 31.1 Å². The highest BCUT2D eigenvalue weighted by molar-refractivity contribution is 8.05. The van der Waals surface area contributed by atoms with Crippen LogP contribution in [0.15, 0.2) is 22.0 Å². The Balaban J connectivity index is 2.57. The Hall–Kier alpha value is -0.170. The van der Waals surface area contributed by atoms with Gasteiger partial charge in [-0.1, -0.05) is 11.1 Å². The lowest BCUT2D eigenvalue weighted by atomic mass is 10.1. The van der Waals surface area contributed by atoms with Crippen molar-refractivity contribution in [1.82, 2.24) is 0 Å². The second-order valence-electron chi connectivity index (χ2n) is 2.24. The van der Waals surface area contributed by atoms with Gasteiger partial charge in [-0.15, -0.1) is 11.8 Å². The SMILES string of the molecule is CC1=CSC=C(C)C1. The molecular formula is C7H10S. The van der Waals surface area contributed by atoms with Crippen molar-refractivity contribution in [2.45, 2.75) is 20.3 Å². The third-order valence-corrected chi connectivity index (χ3v) is 2.17. The predicted molar refractivity (Wildman–Crippen MR) is 39.7 cm³/mol. The van der Waals surface area contributed by atoms with Crippen LogP contribution in [-0.2, 0) is 0 Å². The van der Waals surface area contributed by atoms with Crippen molar-refractivity contribution in [3.63, 3.8) is 0 Å². The summed E-state index contributed by atoms with van der Waals surface area (Å²) >= 11 is 1.79. The van der Waals surface area contributed by atoms with Crippen LogP contribution in [0, 0.1) is 0 Å². The Labute approximate surface area is 54.7 Å². The molecule has 1 heteroatoms. The van der Waals surface area contributed by atoms with Crippen molar-refractivity contribution in [3.8, 4) is 0 Å². The lowest BCUT2D eigenvalue weighted by Crippen LogP contribution is -1.81. The monoisotopic (exact) mass is 126 g/mol. The van der Waals surface area contributed by atoms with Gasteiger partial charge in [-0.2, -0.15) is 0 Å². The minimum atomic E-state index is 1.17. The molecule has 0 radical (unpaired) electrons. The van der Waals surface area contributed by atoms with E-state index in [4.69, 9.17) is 0 Å². The Morgan fingerprint density at radius 2 is 1.75 bits per heavy atom. The second-order valence-corrected chi connectivity index (χ2v) is 2.98. The maximum Gasteiger partial charge on any atom is -0.00974 e. The van der Waals surface area contributed by atoms with Gasteiger partial charge in [-0.25, -0.2) is 0 Å². The zero-order valence-electron chi connectivity index (χ0n) is 5.27. The highest BCUT2D eigenvalue weighted by Crippen LogP contribution is 2.23. The fourth-order valence-corrected chi connectivity index (χ4v) is 1.49. The molecule has 0 aliphatic carbocycles. The molecular weight excluding hydrogens is 116 g/mol. The molecule has 0 atom stereocenters. The summed E-state index contributed by atoms with van der Waals surface area (Å²) in [4.78, 5) is 0. The van der Waals surface area contributed by atoms with Crippen LogP contribution in [0.4, 0.5) is 0 Å². The molecule has 8 heavy (non-hydrogen) atoms. The third-order valence-electron chi connectivity index (χ3n) is 1.10. The van der Waals surface area contributed by atoms with E-state index in [1.54, 1.807) is 11.8 Å². The molecule has 1 aliphatic rings. The van der Waals surface area contributed by atoms with Crippen LogP contribution in [0.2, 0.25) is 0 Å². The molecule has 1 aliphatic heterocycles. The van der Waals surface area contributed by atoms with Crippen LogP contribution >= 0.6 is 11.8 Å². The molecule has 1 heterocycles. The number of hydrogen-bond donors (Lipinski definition) is 0. The van der Waals surface area contributed by atoms with Gasteiger partial charge in [0.1, 0.15) is 0 Å². The number of thioether (sulfide) groups is 1. The van der Waals surface area contributed by atoms with E-state index < -0.39 is 0 Å². The standard InChI is InChI=1S/C7H10S/c1-6-3-7(2)5-8-4-6/h4-5H,3H2,1-2H3. The summed E-state index contributed by atoms with van der Waals surface area (Å²) in [5, 5.41) is 4.40. The normalized spacial score (nSPS) is 19.8. The average Bonchev–Trinajstić information content (AvgIpc) is 1.64. The van der Waals surface area contributed by atoms with Crippen molar-refractivity contribution in [3.05, 3.63) is 22.0 Å². The number of allylic oxidation sites excluding steroid dienone is 2. The van der Waals surface area contributed by atoms with E-state index in [1.807, 2.05) is 0 Å². The molecule has 0 bridgehead atoms. The van der Waals surface area contributed by atoms with Gasteiger partial charge < -0.3 is 0 Å². The third kappa shape index (κ3) is 1.41. The Kier molecular flexibility index (Phi) is 1.79. The highest BCUT2D eigenvalue weighted by Gasteiger charge is 1.96. The second kappa shape index (κ2) is 2.40. The highest BCUT2D eigenvalue weighted by atomic mass is 32.2. The minimum Gasteiger partial charge on any atom is -0.106 e. The molecule has 0 aromatic rings. The van der Waals surface area contributed by atoms with Crippen molar-refractivity contribution < 1.29 is 0 Å². The zero-order chi connectivity index (χ0) is 5.98. The van der Waals surface area contributed by atoms with Crippen LogP contribution in [0.5, 0.6) is 0 Å². The molecule has 0 aromatic carbocycles. The van der Waals surface area contributed by atoms with Gasteiger partial charge >= 0.3 is 0 Å². The summed E-state index contributed by atoms with van der Waals surface area (Å²) < 4.78 is 0. The van der Waals surface area contributed by atoms with Crippen LogP contribution < -0.4 is 0 Å². The van der Waals surface area contributed by atoms with E-state index in [2.05, 4.69) is 24.7 Å². The van der Waals surface area contributed by atoms with Crippen LogP contribution in [-0.4, -0.2) is 0 Å². The predicted octanol–water partition coefficient (Wildman–Crippen LogP) is 2.93. The van der Waals surface area contributed by atoms with Crippen LogP contribution in [0.3, 0.4) is 0 Å². The Morgan fingerprint density at radius 1 is 1.25 bits per heavy atom. The van der Waals surface area contributed by atoms with Crippen LogP contribution in [0.25, 0.3) is 0 Å². The lowest BCUT2D eigenvalue weighted by molar-refractivity contribution is 1.12. The minimum absolute atomic E-state index is 1.17. The maximum atomic E-state index is 2.20. The first-order chi connectivity index (χ1) is 3.79. The largest absolute Gasteiger partial charge is 0.106 e. The van der Waals surface area contributed by atoms with E-state index in [1.165, 1.54) is 17.6 Å². The molecule has 0 amide bonds. The zero-order valence-corrected chi connectivity index (χ0v) is 6.09. The molecule has 0 N–H and O–H groups in total. The molecule has 0 saturated carbocycles. The summed E-state index contributed by atoms with van der Waals surface area (Å²) in [7, 11) is 0. The average molecular weight is 126 g/mol. The van der Waals surface area contributed by atoms with Gasteiger partial charge in [0, 0.05) is 0 Å². The van der Waals surface area contributed by atoms with Gasteiger partial charge in [-0.3, -0.25) is 0 Å². The van der Waals surface area contributed by atoms with E-state index in [9.17, 15) is 0 Å². The van der Waals surface area contributed by atoms with E-state index >= 15 is 0 Å². The first kappa shape index (κ1) is 5.96. The van der Waals surface area contributed by atoms with Crippen LogP contribution in [0.1, 0.15) is 20.3 Å². The number of rotatable bonds is 0. The first-order valence-corrected chi connectivity index (χ1v) is 3.70. The smallest absolute Gasteiger partial charge is 0.00974 e. The molecule has 0 nitrogen and oxygen atoms in total. The maximum absolute atomic E-state index is 2.20. The quantitative estimate of drug-likeness (QED) is 0.481. The molecule has 0 aromatic heterocycles. The fourth-order valence-electron chi connectivity index (χ4n) is 0.789. The topological polar surface area (TPSA) is 0 Å². The molecule has 0 fully saturated rings. The van der Waals surface area contributed by atoms with Crippen molar-refractivity contribution in [1.29, 1.82) is 0 Å². The van der Waals surface area contributed by atoms with Gasteiger partial charge in [0.05, 0.1) is 0 Å². The van der Waals surface area contributed by atoms with Gasteiger partial charge in [0.15, 0.2) is 0 Å². The molecule has 1 rings (SSSR count). The lowest BCUT2D eigenvalue weighted by Gasteiger charge is -2.05. The summed E-state index contributed by atoms with van der Waals surface area (Å²) in [5.74, 6) is 0. The summed E-state index contributed by atoms with van der Waals surface area (Å²) in [6.45, 7) is 4.34. The fraction of sp³-hybridized carbons (Fsp3) is 0.429. The van der Waals surface area contributed by atoms with E-state index in [0.29, 0.717) is 0 Å². The summed E-state index contributed by atoms with van der Waals surface area (Å²) in [6.07, 6.45) is 1.17. The Bertz CT molecular complexity index is 126. The Morgan fingerprint density at radius 3 is 2.00 bits per heavy atom. The first-order valence-electron chi connectivity index (χ1n) is 2.76. The van der Waals surface area contributed by atoms with Crippen molar-refractivity contribution in [2.75, 3.05) is 0 Å². The molecule has 0 unspecified atom stereocenters. The molecule has 0 spiro atoms.